The topological polar surface area (TPSA) is 66.5 Å². The van der Waals surface area contributed by atoms with Gasteiger partial charge < -0.3 is 5.32 Å². The number of amides is 3. The summed E-state index contributed by atoms with van der Waals surface area (Å²) in [6.07, 6.45) is 0. The predicted molar refractivity (Wildman–Crippen MR) is 89.8 cm³/mol. The Morgan fingerprint density at radius 1 is 1.08 bits per heavy atom. The normalized spacial score (nSPS) is 20.2. The summed E-state index contributed by atoms with van der Waals surface area (Å²) in [7, 11) is 0. The van der Waals surface area contributed by atoms with Gasteiger partial charge in [0.1, 0.15) is 5.54 Å². The summed E-state index contributed by atoms with van der Waals surface area (Å²) < 4.78 is 0. The first-order valence-corrected chi connectivity index (χ1v) is 7.78. The molecule has 122 valence electrons. The second-order valence-corrected chi connectivity index (χ2v) is 6.18. The number of benzene rings is 2. The van der Waals surface area contributed by atoms with Gasteiger partial charge in [-0.25, -0.2) is 4.79 Å². The van der Waals surface area contributed by atoms with E-state index in [0.717, 1.165) is 4.90 Å². The van der Waals surface area contributed by atoms with Gasteiger partial charge in [0, 0.05) is 10.6 Å². The highest BCUT2D eigenvalue weighted by molar-refractivity contribution is 6.30. The Labute approximate surface area is 144 Å². The summed E-state index contributed by atoms with van der Waals surface area (Å²) in [5.74, 6) is -0.751. The molecular weight excluding hydrogens is 328 g/mol. The molecule has 6 heteroatoms. The maximum atomic E-state index is 12.7. The zero-order chi connectivity index (χ0) is 17.3. The third-order valence-corrected chi connectivity index (χ3v) is 4.35. The van der Waals surface area contributed by atoms with Crippen molar-refractivity contribution in [1.82, 2.24) is 10.2 Å². The van der Waals surface area contributed by atoms with Crippen LogP contribution in [-0.4, -0.2) is 29.2 Å². The van der Waals surface area contributed by atoms with Crippen LogP contribution in [0.15, 0.2) is 54.6 Å². The van der Waals surface area contributed by atoms with Gasteiger partial charge in [-0.3, -0.25) is 14.5 Å². The van der Waals surface area contributed by atoms with Crippen molar-refractivity contribution in [1.29, 1.82) is 0 Å². The lowest BCUT2D eigenvalue weighted by Gasteiger charge is -2.22. The Hall–Kier alpha value is -2.66. The number of nitrogens with zero attached hydrogens (tertiary/aromatic N) is 1. The Balaban J connectivity index is 1.84. The number of imide groups is 1. The van der Waals surface area contributed by atoms with Crippen LogP contribution in [0.25, 0.3) is 0 Å². The molecule has 5 nitrogen and oxygen atoms in total. The third kappa shape index (κ3) is 2.78. The van der Waals surface area contributed by atoms with Gasteiger partial charge in [-0.1, -0.05) is 54.1 Å². The van der Waals surface area contributed by atoms with Crippen LogP contribution in [0.5, 0.6) is 0 Å². The number of nitrogens with one attached hydrogen (secondary N) is 1. The second-order valence-electron chi connectivity index (χ2n) is 5.74. The van der Waals surface area contributed by atoms with Crippen molar-refractivity contribution in [3.05, 3.63) is 70.7 Å². The van der Waals surface area contributed by atoms with Gasteiger partial charge >= 0.3 is 6.03 Å². The molecule has 1 heterocycles. The molecule has 1 fully saturated rings. The molecule has 0 unspecified atom stereocenters. The van der Waals surface area contributed by atoms with Crippen LogP contribution >= 0.6 is 11.6 Å². The van der Waals surface area contributed by atoms with E-state index < -0.39 is 17.5 Å². The van der Waals surface area contributed by atoms with Crippen molar-refractivity contribution in [2.24, 2.45) is 0 Å². The first-order valence-electron chi connectivity index (χ1n) is 7.40. The van der Waals surface area contributed by atoms with Crippen molar-refractivity contribution in [3.63, 3.8) is 0 Å². The fourth-order valence-electron chi connectivity index (χ4n) is 2.68. The number of halogens is 1. The molecular formula is C18H15ClN2O3. The Morgan fingerprint density at radius 2 is 1.71 bits per heavy atom. The van der Waals surface area contributed by atoms with Crippen LogP contribution in [0.3, 0.4) is 0 Å². The van der Waals surface area contributed by atoms with E-state index >= 15 is 0 Å². The second kappa shape index (κ2) is 6.09. The molecule has 0 aliphatic carbocycles. The fraction of sp³-hybridized carbons (Fsp3) is 0.167. The first kappa shape index (κ1) is 16.2. The number of urea groups is 1. The molecule has 0 spiro atoms. The zero-order valence-electron chi connectivity index (χ0n) is 13.0. The SMILES string of the molecule is C[C@]1(c2ccc(Cl)cc2)NC(=O)N(CC(=O)c2ccccc2)C1=O. The summed E-state index contributed by atoms with van der Waals surface area (Å²) in [4.78, 5) is 38.2. The van der Waals surface area contributed by atoms with E-state index in [1.165, 1.54) is 0 Å². The molecule has 0 saturated carbocycles. The lowest BCUT2D eigenvalue weighted by Crippen LogP contribution is -2.41. The highest BCUT2D eigenvalue weighted by Gasteiger charge is 2.49. The van der Waals surface area contributed by atoms with E-state index in [-0.39, 0.29) is 12.3 Å². The molecule has 1 aliphatic rings. The Morgan fingerprint density at radius 3 is 2.33 bits per heavy atom. The predicted octanol–water partition coefficient (Wildman–Crippen LogP) is 2.99. The molecule has 1 saturated heterocycles. The molecule has 1 atom stereocenters. The summed E-state index contributed by atoms with van der Waals surface area (Å²) in [5, 5.41) is 3.20. The van der Waals surface area contributed by atoms with Crippen LogP contribution in [0, 0.1) is 0 Å². The maximum absolute atomic E-state index is 12.7. The van der Waals surface area contributed by atoms with Crippen molar-refractivity contribution in [3.8, 4) is 0 Å². The summed E-state index contributed by atoms with van der Waals surface area (Å²) >= 11 is 5.87. The monoisotopic (exact) mass is 342 g/mol. The van der Waals surface area contributed by atoms with Crippen LogP contribution in [0.2, 0.25) is 5.02 Å². The number of carbonyl (C=O) groups excluding carboxylic acids is 3. The Kier molecular flexibility index (Phi) is 4.11. The molecule has 1 aliphatic heterocycles. The van der Waals surface area contributed by atoms with Gasteiger partial charge in [-0.2, -0.15) is 0 Å². The smallest absolute Gasteiger partial charge is 0.319 e. The molecule has 0 aromatic heterocycles. The van der Waals surface area contributed by atoms with Gasteiger partial charge in [-0.15, -0.1) is 0 Å². The third-order valence-electron chi connectivity index (χ3n) is 4.09. The van der Waals surface area contributed by atoms with Gasteiger partial charge in [0.15, 0.2) is 5.78 Å². The molecule has 24 heavy (non-hydrogen) atoms. The van der Waals surface area contributed by atoms with E-state index in [2.05, 4.69) is 5.32 Å². The van der Waals surface area contributed by atoms with Crippen LogP contribution in [0.1, 0.15) is 22.8 Å². The molecule has 2 aromatic carbocycles. The van der Waals surface area contributed by atoms with Crippen LogP contribution in [-0.2, 0) is 10.3 Å². The number of hydrogen-bond donors (Lipinski definition) is 1. The molecule has 2 aromatic rings. The lowest BCUT2D eigenvalue weighted by molar-refractivity contribution is -0.130. The average molecular weight is 343 g/mol. The van der Waals surface area contributed by atoms with Crippen molar-refractivity contribution in [2.45, 2.75) is 12.5 Å². The van der Waals surface area contributed by atoms with Crippen LogP contribution in [0.4, 0.5) is 4.79 Å². The minimum Gasteiger partial charge on any atom is -0.319 e. The minimum absolute atomic E-state index is 0.292. The Bertz CT molecular complexity index is 805. The van der Waals surface area contributed by atoms with Gasteiger partial charge in [-0.05, 0) is 24.6 Å². The average Bonchev–Trinajstić information content (AvgIpc) is 2.80. The quantitative estimate of drug-likeness (QED) is 0.686. The largest absolute Gasteiger partial charge is 0.325 e. The van der Waals surface area contributed by atoms with Crippen molar-refractivity contribution < 1.29 is 14.4 Å². The van der Waals surface area contributed by atoms with Crippen molar-refractivity contribution in [2.75, 3.05) is 6.54 Å². The fourth-order valence-corrected chi connectivity index (χ4v) is 2.80. The van der Waals surface area contributed by atoms with E-state index in [1.54, 1.807) is 61.5 Å². The highest BCUT2D eigenvalue weighted by Crippen LogP contribution is 2.29. The van der Waals surface area contributed by atoms with Gasteiger partial charge in [0.05, 0.1) is 6.54 Å². The minimum atomic E-state index is -1.21. The first-order chi connectivity index (χ1) is 11.4. The van der Waals surface area contributed by atoms with E-state index in [1.807, 2.05) is 0 Å². The lowest BCUT2D eigenvalue weighted by atomic mass is 9.92. The summed E-state index contributed by atoms with van der Waals surface area (Å²) in [6, 6.07) is 14.7. The molecule has 1 N–H and O–H groups in total. The van der Waals surface area contributed by atoms with E-state index in [4.69, 9.17) is 11.6 Å². The molecule has 3 amide bonds. The number of ketones is 1. The zero-order valence-corrected chi connectivity index (χ0v) is 13.7. The number of hydrogen-bond acceptors (Lipinski definition) is 3. The number of Topliss-reactive ketones (excluding diaryl/α,β-unsaturated/α-hetero) is 1. The number of rotatable bonds is 4. The number of carbonyl (C=O) groups is 3. The van der Waals surface area contributed by atoms with Gasteiger partial charge in [0.25, 0.3) is 5.91 Å². The summed E-state index contributed by atoms with van der Waals surface area (Å²) in [6.45, 7) is 1.32. The van der Waals surface area contributed by atoms with E-state index in [0.29, 0.717) is 16.1 Å². The standard InChI is InChI=1S/C18H15ClN2O3/c1-18(13-7-9-14(19)10-8-13)16(23)21(17(24)20-18)11-15(22)12-5-3-2-4-6-12/h2-10H,11H2,1H3,(H,20,24)/t18-/m1/s1. The highest BCUT2D eigenvalue weighted by atomic mass is 35.5. The van der Waals surface area contributed by atoms with E-state index in [9.17, 15) is 14.4 Å². The molecule has 0 radical (unpaired) electrons. The van der Waals surface area contributed by atoms with Gasteiger partial charge in [0.2, 0.25) is 0 Å². The summed E-state index contributed by atoms with van der Waals surface area (Å²) in [5.41, 5.74) is -0.142. The van der Waals surface area contributed by atoms with Crippen molar-refractivity contribution >= 4 is 29.3 Å². The van der Waals surface area contributed by atoms with Crippen LogP contribution < -0.4 is 5.32 Å². The molecule has 0 bridgehead atoms. The maximum Gasteiger partial charge on any atom is 0.325 e. The molecule has 3 rings (SSSR count).